The van der Waals surface area contributed by atoms with Gasteiger partial charge < -0.3 is 4.90 Å². The SMILES string of the molecule is O=S(=O)(NC1CN2CCC1CC2)c1ccccc1Br. The Hall–Kier alpha value is -0.430. The molecule has 19 heavy (non-hydrogen) atoms. The Morgan fingerprint density at radius 3 is 2.47 bits per heavy atom. The van der Waals surface area contributed by atoms with Crippen molar-refractivity contribution in [3.63, 3.8) is 0 Å². The van der Waals surface area contributed by atoms with Gasteiger partial charge in [-0.25, -0.2) is 13.1 Å². The Balaban J connectivity index is 1.81. The van der Waals surface area contributed by atoms with Crippen molar-refractivity contribution >= 4 is 26.0 Å². The third-order valence-electron chi connectivity index (χ3n) is 4.09. The van der Waals surface area contributed by atoms with Crippen molar-refractivity contribution in [2.75, 3.05) is 19.6 Å². The van der Waals surface area contributed by atoms with Crippen LogP contribution in [0.25, 0.3) is 0 Å². The van der Waals surface area contributed by atoms with Gasteiger partial charge in [0.05, 0.1) is 4.90 Å². The summed E-state index contributed by atoms with van der Waals surface area (Å²) >= 11 is 3.31. The summed E-state index contributed by atoms with van der Waals surface area (Å²) in [5.74, 6) is 0.488. The molecule has 1 atom stereocenters. The summed E-state index contributed by atoms with van der Waals surface area (Å²) in [6.07, 6.45) is 2.20. The lowest BCUT2D eigenvalue weighted by Crippen LogP contribution is -2.57. The van der Waals surface area contributed by atoms with Gasteiger partial charge in [-0.3, -0.25) is 0 Å². The maximum absolute atomic E-state index is 12.4. The fraction of sp³-hybridized carbons (Fsp3) is 0.538. The number of fused-ring (bicyclic) bond motifs is 3. The van der Waals surface area contributed by atoms with E-state index in [2.05, 4.69) is 25.6 Å². The molecule has 0 aliphatic carbocycles. The molecule has 0 amide bonds. The second-order valence-corrected chi connectivity index (χ2v) is 7.83. The summed E-state index contributed by atoms with van der Waals surface area (Å²) in [6, 6.07) is 7.01. The Kier molecular flexibility index (Phi) is 3.68. The van der Waals surface area contributed by atoms with E-state index >= 15 is 0 Å². The number of nitrogens with zero attached hydrogens (tertiary/aromatic N) is 1. The Labute approximate surface area is 122 Å². The van der Waals surface area contributed by atoms with Crippen LogP contribution in [0.2, 0.25) is 0 Å². The number of sulfonamides is 1. The fourth-order valence-electron chi connectivity index (χ4n) is 3.02. The van der Waals surface area contributed by atoms with Crippen LogP contribution in [-0.4, -0.2) is 39.0 Å². The van der Waals surface area contributed by atoms with Crippen molar-refractivity contribution in [1.82, 2.24) is 9.62 Å². The Morgan fingerprint density at radius 2 is 1.89 bits per heavy atom. The van der Waals surface area contributed by atoms with Gasteiger partial charge in [-0.1, -0.05) is 12.1 Å². The maximum atomic E-state index is 12.4. The van der Waals surface area contributed by atoms with Crippen LogP contribution in [0.5, 0.6) is 0 Å². The van der Waals surface area contributed by atoms with Gasteiger partial charge in [0.1, 0.15) is 0 Å². The molecule has 1 aromatic carbocycles. The third kappa shape index (κ3) is 2.72. The zero-order valence-corrected chi connectivity index (χ0v) is 13.0. The Bertz CT molecular complexity index is 568. The molecular formula is C13H17BrN2O2S. The first-order valence-corrected chi connectivity index (χ1v) is 8.83. The van der Waals surface area contributed by atoms with Gasteiger partial charge in [-0.05, 0) is 59.9 Å². The van der Waals surface area contributed by atoms with E-state index in [1.54, 1.807) is 18.2 Å². The van der Waals surface area contributed by atoms with Crippen molar-refractivity contribution in [1.29, 1.82) is 0 Å². The molecule has 1 aromatic rings. The summed E-state index contributed by atoms with van der Waals surface area (Å²) < 4.78 is 28.4. The summed E-state index contributed by atoms with van der Waals surface area (Å²) in [5, 5.41) is 0. The molecule has 3 fully saturated rings. The molecule has 3 aliphatic heterocycles. The van der Waals surface area contributed by atoms with Gasteiger partial charge in [0.2, 0.25) is 10.0 Å². The second-order valence-electron chi connectivity index (χ2n) is 5.30. The van der Waals surface area contributed by atoms with Gasteiger partial charge in [0.15, 0.2) is 0 Å². The molecule has 1 N–H and O–H groups in total. The van der Waals surface area contributed by atoms with Crippen LogP contribution in [-0.2, 0) is 10.0 Å². The molecule has 0 aromatic heterocycles. The van der Waals surface area contributed by atoms with E-state index in [0.29, 0.717) is 15.3 Å². The standard InChI is InChI=1S/C13H17BrN2O2S/c14-11-3-1-2-4-13(11)19(17,18)15-12-9-16-7-5-10(12)6-8-16/h1-4,10,12,15H,5-9H2. The van der Waals surface area contributed by atoms with Crippen molar-refractivity contribution in [3.8, 4) is 0 Å². The van der Waals surface area contributed by atoms with E-state index in [1.165, 1.54) is 0 Å². The van der Waals surface area contributed by atoms with Crippen LogP contribution >= 0.6 is 15.9 Å². The number of benzene rings is 1. The first-order chi connectivity index (χ1) is 9.06. The van der Waals surface area contributed by atoms with Gasteiger partial charge in [0.25, 0.3) is 0 Å². The van der Waals surface area contributed by atoms with Crippen molar-refractivity contribution in [2.45, 2.75) is 23.8 Å². The van der Waals surface area contributed by atoms with E-state index < -0.39 is 10.0 Å². The van der Waals surface area contributed by atoms with Crippen LogP contribution in [0.4, 0.5) is 0 Å². The predicted molar refractivity (Wildman–Crippen MR) is 77.4 cm³/mol. The van der Waals surface area contributed by atoms with Crippen LogP contribution < -0.4 is 4.72 Å². The topological polar surface area (TPSA) is 49.4 Å². The highest BCUT2D eigenvalue weighted by atomic mass is 79.9. The largest absolute Gasteiger partial charge is 0.302 e. The fourth-order valence-corrected chi connectivity index (χ4v) is 5.32. The predicted octanol–water partition coefficient (Wildman–Crippen LogP) is 1.82. The first-order valence-electron chi connectivity index (χ1n) is 6.55. The third-order valence-corrected chi connectivity index (χ3v) is 6.59. The molecule has 0 saturated carbocycles. The minimum atomic E-state index is -3.44. The second kappa shape index (κ2) is 5.16. The highest BCUT2D eigenvalue weighted by Crippen LogP contribution is 2.29. The smallest absolute Gasteiger partial charge is 0.241 e. The van der Waals surface area contributed by atoms with Crippen LogP contribution in [0.3, 0.4) is 0 Å². The van der Waals surface area contributed by atoms with Crippen LogP contribution in [0.15, 0.2) is 33.6 Å². The summed E-state index contributed by atoms with van der Waals surface area (Å²) in [4.78, 5) is 2.67. The van der Waals surface area contributed by atoms with Crippen molar-refractivity contribution < 1.29 is 8.42 Å². The molecule has 3 aliphatic rings. The normalized spacial score (nSPS) is 30.5. The van der Waals surface area contributed by atoms with E-state index in [-0.39, 0.29) is 6.04 Å². The number of nitrogens with one attached hydrogen (secondary N) is 1. The van der Waals surface area contributed by atoms with Gasteiger partial charge in [-0.15, -0.1) is 0 Å². The Morgan fingerprint density at radius 1 is 1.21 bits per heavy atom. The van der Waals surface area contributed by atoms with E-state index in [9.17, 15) is 8.42 Å². The quantitative estimate of drug-likeness (QED) is 0.909. The van der Waals surface area contributed by atoms with E-state index in [4.69, 9.17) is 0 Å². The van der Waals surface area contributed by atoms with Crippen molar-refractivity contribution in [2.24, 2.45) is 5.92 Å². The molecule has 3 heterocycles. The van der Waals surface area contributed by atoms with Crippen LogP contribution in [0, 0.1) is 5.92 Å². The minimum absolute atomic E-state index is 0.0552. The number of halogens is 1. The average Bonchev–Trinajstić information content (AvgIpc) is 2.40. The van der Waals surface area contributed by atoms with E-state index in [1.807, 2.05) is 6.07 Å². The zero-order chi connectivity index (χ0) is 13.5. The molecule has 0 radical (unpaired) electrons. The first kappa shape index (κ1) is 13.5. The molecule has 4 nitrogen and oxygen atoms in total. The molecule has 3 saturated heterocycles. The summed E-state index contributed by atoms with van der Waals surface area (Å²) in [5.41, 5.74) is 0. The van der Waals surface area contributed by atoms with Gasteiger partial charge >= 0.3 is 0 Å². The highest BCUT2D eigenvalue weighted by molar-refractivity contribution is 9.10. The van der Waals surface area contributed by atoms with Crippen LogP contribution in [0.1, 0.15) is 12.8 Å². The average molecular weight is 345 g/mol. The summed E-state index contributed by atoms with van der Waals surface area (Å²) in [6.45, 7) is 3.06. The molecule has 0 spiro atoms. The lowest BCUT2D eigenvalue weighted by molar-refractivity contribution is 0.0827. The van der Waals surface area contributed by atoms with E-state index in [0.717, 1.165) is 32.5 Å². The molecular weight excluding hydrogens is 328 g/mol. The molecule has 104 valence electrons. The number of rotatable bonds is 3. The summed E-state index contributed by atoms with van der Waals surface area (Å²) in [7, 11) is -3.44. The highest BCUT2D eigenvalue weighted by Gasteiger charge is 2.36. The molecule has 6 heteroatoms. The molecule has 2 bridgehead atoms. The lowest BCUT2D eigenvalue weighted by Gasteiger charge is -2.44. The maximum Gasteiger partial charge on any atom is 0.241 e. The lowest BCUT2D eigenvalue weighted by atomic mass is 9.85. The number of piperidine rings is 3. The zero-order valence-electron chi connectivity index (χ0n) is 10.5. The number of hydrogen-bond donors (Lipinski definition) is 1. The molecule has 4 rings (SSSR count). The monoisotopic (exact) mass is 344 g/mol. The minimum Gasteiger partial charge on any atom is -0.302 e. The van der Waals surface area contributed by atoms with Gasteiger partial charge in [-0.2, -0.15) is 0 Å². The van der Waals surface area contributed by atoms with Crippen molar-refractivity contribution in [3.05, 3.63) is 28.7 Å². The number of hydrogen-bond acceptors (Lipinski definition) is 3. The molecule has 1 unspecified atom stereocenters. The van der Waals surface area contributed by atoms with Gasteiger partial charge in [0, 0.05) is 17.1 Å².